The van der Waals surface area contributed by atoms with E-state index in [2.05, 4.69) is 0 Å². The molecule has 84 valence electrons. The van der Waals surface area contributed by atoms with Crippen LogP contribution >= 0.6 is 11.6 Å². The Morgan fingerprint density at radius 1 is 1.44 bits per heavy atom. The molecule has 4 nitrogen and oxygen atoms in total. The highest BCUT2D eigenvalue weighted by Crippen LogP contribution is 2.25. The van der Waals surface area contributed by atoms with Crippen molar-refractivity contribution in [2.45, 2.75) is 12.6 Å². The van der Waals surface area contributed by atoms with Crippen LogP contribution in [0.3, 0.4) is 0 Å². The number of hydrogen-bond acceptors (Lipinski definition) is 2. The lowest BCUT2D eigenvalue weighted by Crippen LogP contribution is -2.39. The monoisotopic (exact) mass is 237 g/mol. The molecular weight excluding hydrogens is 226 g/mol. The van der Waals surface area contributed by atoms with Crippen LogP contribution in [0.1, 0.15) is 0 Å². The smallest absolute Gasteiger partial charge is 0.236 e. The van der Waals surface area contributed by atoms with E-state index in [1.807, 2.05) is 28.8 Å². The Morgan fingerprint density at radius 2 is 2.12 bits per heavy atom. The van der Waals surface area contributed by atoms with Gasteiger partial charge < -0.3 is 16.0 Å². The van der Waals surface area contributed by atoms with Crippen LogP contribution in [0, 0.1) is 0 Å². The number of para-hydroxylation sites is 1. The number of benzene rings is 1. The summed E-state index contributed by atoms with van der Waals surface area (Å²) in [6.45, 7) is 0.336. The molecule has 16 heavy (non-hydrogen) atoms. The fourth-order valence-electron chi connectivity index (χ4n) is 1.65. The molecule has 0 bridgehead atoms. The molecule has 0 aliphatic rings. The van der Waals surface area contributed by atoms with Gasteiger partial charge in [0.1, 0.15) is 6.04 Å². The molecule has 0 spiro atoms. The van der Waals surface area contributed by atoms with E-state index in [9.17, 15) is 4.79 Å². The summed E-state index contributed by atoms with van der Waals surface area (Å²) in [7, 11) is 0. The Bertz CT molecular complexity index is 535. The fraction of sp³-hybridized carbons (Fsp3) is 0.182. The second kappa shape index (κ2) is 4.15. The van der Waals surface area contributed by atoms with Gasteiger partial charge in [-0.2, -0.15) is 0 Å². The number of nitrogens with zero attached hydrogens (tertiary/aromatic N) is 1. The van der Waals surface area contributed by atoms with E-state index < -0.39 is 11.9 Å². The van der Waals surface area contributed by atoms with E-state index in [1.54, 1.807) is 6.20 Å². The number of amides is 1. The van der Waals surface area contributed by atoms with Crippen molar-refractivity contribution in [3.63, 3.8) is 0 Å². The average Bonchev–Trinajstić information content (AvgIpc) is 2.57. The molecule has 1 heterocycles. The number of halogens is 1. The van der Waals surface area contributed by atoms with E-state index in [-0.39, 0.29) is 0 Å². The first-order chi connectivity index (χ1) is 7.59. The summed E-state index contributed by atoms with van der Waals surface area (Å²) >= 11 is 6.06. The second-order valence-corrected chi connectivity index (χ2v) is 4.06. The Morgan fingerprint density at radius 3 is 2.81 bits per heavy atom. The van der Waals surface area contributed by atoms with Crippen LogP contribution in [-0.4, -0.2) is 16.5 Å². The first-order valence-corrected chi connectivity index (χ1v) is 5.25. The highest BCUT2D eigenvalue weighted by atomic mass is 35.5. The van der Waals surface area contributed by atoms with Crippen LogP contribution in [-0.2, 0) is 11.3 Å². The van der Waals surface area contributed by atoms with Crippen LogP contribution < -0.4 is 11.5 Å². The average molecular weight is 238 g/mol. The predicted molar refractivity (Wildman–Crippen MR) is 64.1 cm³/mol. The van der Waals surface area contributed by atoms with Crippen molar-refractivity contribution in [2.75, 3.05) is 0 Å². The van der Waals surface area contributed by atoms with Crippen LogP contribution in [0.25, 0.3) is 10.9 Å². The maximum absolute atomic E-state index is 10.9. The summed E-state index contributed by atoms with van der Waals surface area (Å²) in [6.07, 6.45) is 1.76. The summed E-state index contributed by atoms with van der Waals surface area (Å²) in [5.41, 5.74) is 11.7. The maximum Gasteiger partial charge on any atom is 0.236 e. The van der Waals surface area contributed by atoms with Gasteiger partial charge in [-0.25, -0.2) is 0 Å². The topological polar surface area (TPSA) is 74.0 Å². The Hall–Kier alpha value is -1.52. The number of carbonyl (C=O) groups is 1. The van der Waals surface area contributed by atoms with Gasteiger partial charge in [-0.05, 0) is 6.07 Å². The normalized spacial score (nSPS) is 12.9. The Balaban J connectivity index is 2.42. The van der Waals surface area contributed by atoms with E-state index >= 15 is 0 Å². The van der Waals surface area contributed by atoms with Crippen LogP contribution in [0.5, 0.6) is 0 Å². The number of primary amides is 1. The fourth-order valence-corrected chi connectivity index (χ4v) is 1.93. The van der Waals surface area contributed by atoms with Gasteiger partial charge >= 0.3 is 0 Å². The summed E-state index contributed by atoms with van der Waals surface area (Å²) in [5.74, 6) is -0.520. The number of rotatable bonds is 3. The molecule has 0 aliphatic carbocycles. The third kappa shape index (κ3) is 1.89. The minimum atomic E-state index is -0.702. The van der Waals surface area contributed by atoms with Gasteiger partial charge in [0.15, 0.2) is 0 Å². The minimum absolute atomic E-state index is 0.336. The third-order valence-electron chi connectivity index (χ3n) is 2.50. The van der Waals surface area contributed by atoms with Crippen LogP contribution in [0.4, 0.5) is 0 Å². The number of fused-ring (bicyclic) bond motifs is 1. The molecule has 2 aromatic rings. The maximum atomic E-state index is 10.9. The van der Waals surface area contributed by atoms with E-state index in [1.165, 1.54) is 0 Å². The molecule has 1 aromatic carbocycles. The summed E-state index contributed by atoms with van der Waals surface area (Å²) in [6, 6.07) is 6.96. The van der Waals surface area contributed by atoms with Gasteiger partial charge in [0, 0.05) is 23.6 Å². The van der Waals surface area contributed by atoms with Gasteiger partial charge in [0.25, 0.3) is 0 Å². The van der Waals surface area contributed by atoms with Crippen molar-refractivity contribution in [3.8, 4) is 0 Å². The van der Waals surface area contributed by atoms with E-state index in [0.717, 1.165) is 10.9 Å². The quantitative estimate of drug-likeness (QED) is 0.839. The number of carbonyl (C=O) groups excluding carboxylic acids is 1. The highest BCUT2D eigenvalue weighted by molar-refractivity contribution is 6.35. The summed E-state index contributed by atoms with van der Waals surface area (Å²) < 4.78 is 1.84. The van der Waals surface area contributed by atoms with Gasteiger partial charge in [-0.1, -0.05) is 29.8 Å². The lowest BCUT2D eigenvalue weighted by atomic mass is 10.2. The number of nitrogens with two attached hydrogens (primary N) is 2. The van der Waals surface area contributed by atoms with Crippen molar-refractivity contribution < 1.29 is 4.79 Å². The summed E-state index contributed by atoms with van der Waals surface area (Å²) in [5, 5.41) is 1.59. The predicted octanol–water partition coefficient (Wildman–Crippen LogP) is 1.11. The second-order valence-electron chi connectivity index (χ2n) is 3.66. The SMILES string of the molecule is NC(=O)C(N)Cn1cc(Cl)c2ccccc21. The Kier molecular flexibility index (Phi) is 2.85. The molecule has 0 saturated heterocycles. The molecule has 0 aliphatic heterocycles. The molecule has 1 unspecified atom stereocenters. The van der Waals surface area contributed by atoms with Crippen molar-refractivity contribution >= 4 is 28.4 Å². The molecular formula is C11H12ClN3O. The van der Waals surface area contributed by atoms with Gasteiger partial charge in [0.2, 0.25) is 5.91 Å². The molecule has 4 N–H and O–H groups in total. The zero-order valence-corrected chi connectivity index (χ0v) is 9.32. The zero-order chi connectivity index (χ0) is 11.7. The molecule has 5 heteroatoms. The zero-order valence-electron chi connectivity index (χ0n) is 8.56. The first kappa shape index (κ1) is 11.0. The minimum Gasteiger partial charge on any atom is -0.368 e. The molecule has 1 amide bonds. The van der Waals surface area contributed by atoms with Crippen LogP contribution in [0.15, 0.2) is 30.5 Å². The molecule has 0 fully saturated rings. The third-order valence-corrected chi connectivity index (χ3v) is 2.80. The lowest BCUT2D eigenvalue weighted by Gasteiger charge is -2.09. The standard InChI is InChI=1S/C11H12ClN3O/c12-8-5-15(6-9(13)11(14)16)10-4-2-1-3-7(8)10/h1-5,9H,6,13H2,(H2,14,16). The molecule has 0 saturated carbocycles. The molecule has 1 aromatic heterocycles. The van der Waals surface area contributed by atoms with Crippen molar-refractivity contribution in [1.29, 1.82) is 0 Å². The van der Waals surface area contributed by atoms with Crippen molar-refractivity contribution in [3.05, 3.63) is 35.5 Å². The molecule has 1 atom stereocenters. The van der Waals surface area contributed by atoms with Gasteiger partial charge in [-0.3, -0.25) is 4.79 Å². The largest absolute Gasteiger partial charge is 0.368 e. The van der Waals surface area contributed by atoms with E-state index in [0.29, 0.717) is 11.6 Å². The highest BCUT2D eigenvalue weighted by Gasteiger charge is 2.12. The van der Waals surface area contributed by atoms with Crippen molar-refractivity contribution in [2.24, 2.45) is 11.5 Å². The summed E-state index contributed by atoms with van der Waals surface area (Å²) in [4.78, 5) is 10.9. The molecule has 2 rings (SSSR count). The van der Waals surface area contributed by atoms with E-state index in [4.69, 9.17) is 23.1 Å². The van der Waals surface area contributed by atoms with Gasteiger partial charge in [0.05, 0.1) is 5.02 Å². The van der Waals surface area contributed by atoms with Crippen molar-refractivity contribution in [1.82, 2.24) is 4.57 Å². The van der Waals surface area contributed by atoms with Crippen LogP contribution in [0.2, 0.25) is 5.02 Å². The lowest BCUT2D eigenvalue weighted by molar-refractivity contribution is -0.119. The molecule has 0 radical (unpaired) electrons. The number of aromatic nitrogens is 1. The number of hydrogen-bond donors (Lipinski definition) is 2. The Labute approximate surface area is 97.8 Å². The van der Waals surface area contributed by atoms with Gasteiger partial charge in [-0.15, -0.1) is 0 Å². The first-order valence-electron chi connectivity index (χ1n) is 4.88.